The van der Waals surface area contributed by atoms with Gasteiger partial charge in [0, 0.05) is 11.6 Å². The van der Waals surface area contributed by atoms with Crippen LogP contribution in [-0.4, -0.2) is 7.11 Å². The summed E-state index contributed by atoms with van der Waals surface area (Å²) in [5.41, 5.74) is 3.05. The Morgan fingerprint density at radius 3 is 1.62 bits per heavy atom. The number of hydrogen-bond acceptors (Lipinski definition) is 3. The maximum Gasteiger partial charge on any atom is 0.124 e. The molecule has 0 saturated carbocycles. The molecule has 0 aliphatic rings. The van der Waals surface area contributed by atoms with Crippen molar-refractivity contribution in [2.24, 2.45) is 0 Å². The first-order valence-electron chi connectivity index (χ1n) is 8.46. The second-order valence-corrected chi connectivity index (χ2v) is 5.87. The third kappa shape index (κ3) is 4.90. The van der Waals surface area contributed by atoms with Gasteiger partial charge >= 0.3 is 0 Å². The highest BCUT2D eigenvalue weighted by Gasteiger charge is 2.07. The molecule has 0 atom stereocenters. The SMILES string of the molecule is C=C(OC)c1cc(OCc2ccccc2)cc(OCc2ccccc2)c1. The van der Waals surface area contributed by atoms with E-state index in [9.17, 15) is 0 Å². The molecule has 0 fully saturated rings. The molecule has 0 unspecified atom stereocenters. The number of benzene rings is 3. The van der Waals surface area contributed by atoms with Crippen LogP contribution < -0.4 is 9.47 Å². The fraction of sp³-hybridized carbons (Fsp3) is 0.130. The third-order valence-corrected chi connectivity index (χ3v) is 3.95. The van der Waals surface area contributed by atoms with Gasteiger partial charge in [0.25, 0.3) is 0 Å². The molecule has 0 N–H and O–H groups in total. The van der Waals surface area contributed by atoms with Crippen molar-refractivity contribution in [3.63, 3.8) is 0 Å². The molecule has 3 rings (SSSR count). The average Bonchev–Trinajstić information content (AvgIpc) is 2.71. The Hall–Kier alpha value is -3.20. The van der Waals surface area contributed by atoms with Gasteiger partial charge in [0.1, 0.15) is 30.5 Å². The summed E-state index contributed by atoms with van der Waals surface area (Å²) < 4.78 is 17.2. The van der Waals surface area contributed by atoms with Crippen molar-refractivity contribution in [2.45, 2.75) is 13.2 Å². The monoisotopic (exact) mass is 346 g/mol. The quantitative estimate of drug-likeness (QED) is 0.507. The molecule has 26 heavy (non-hydrogen) atoms. The zero-order valence-corrected chi connectivity index (χ0v) is 14.9. The molecule has 0 heterocycles. The van der Waals surface area contributed by atoms with Crippen molar-refractivity contribution >= 4 is 5.76 Å². The van der Waals surface area contributed by atoms with E-state index in [1.54, 1.807) is 7.11 Å². The molecule has 0 amide bonds. The predicted molar refractivity (Wildman–Crippen MR) is 104 cm³/mol. The van der Waals surface area contributed by atoms with Crippen LogP contribution in [0.25, 0.3) is 5.76 Å². The van der Waals surface area contributed by atoms with Gasteiger partial charge < -0.3 is 14.2 Å². The fourth-order valence-electron chi connectivity index (χ4n) is 2.50. The summed E-state index contributed by atoms with van der Waals surface area (Å²) in [6.45, 7) is 4.90. The van der Waals surface area contributed by atoms with Gasteiger partial charge in [0.2, 0.25) is 0 Å². The first-order chi connectivity index (χ1) is 12.7. The molecule has 0 radical (unpaired) electrons. The molecule has 3 heteroatoms. The van der Waals surface area contributed by atoms with Gasteiger partial charge in [-0.1, -0.05) is 67.2 Å². The van der Waals surface area contributed by atoms with Crippen molar-refractivity contribution in [1.82, 2.24) is 0 Å². The van der Waals surface area contributed by atoms with Crippen LogP contribution in [0.3, 0.4) is 0 Å². The van der Waals surface area contributed by atoms with E-state index in [1.165, 1.54) is 0 Å². The van der Waals surface area contributed by atoms with Gasteiger partial charge in [-0.25, -0.2) is 0 Å². The van der Waals surface area contributed by atoms with Gasteiger partial charge in [0.15, 0.2) is 0 Å². The zero-order valence-electron chi connectivity index (χ0n) is 14.9. The van der Waals surface area contributed by atoms with Crippen molar-refractivity contribution in [3.05, 3.63) is 102 Å². The molecule has 0 saturated heterocycles. The molecule has 3 aromatic carbocycles. The van der Waals surface area contributed by atoms with Gasteiger partial charge in [-0.2, -0.15) is 0 Å². The van der Waals surface area contributed by atoms with E-state index in [0.29, 0.717) is 30.5 Å². The van der Waals surface area contributed by atoms with Crippen molar-refractivity contribution in [1.29, 1.82) is 0 Å². The number of rotatable bonds is 8. The van der Waals surface area contributed by atoms with Gasteiger partial charge in [-0.3, -0.25) is 0 Å². The summed E-state index contributed by atoms with van der Waals surface area (Å²) in [5.74, 6) is 2.00. The molecule has 132 valence electrons. The van der Waals surface area contributed by atoms with Crippen molar-refractivity contribution in [3.8, 4) is 11.5 Å². The Morgan fingerprint density at radius 2 is 1.19 bits per heavy atom. The van der Waals surface area contributed by atoms with Crippen LogP contribution in [0.1, 0.15) is 16.7 Å². The minimum absolute atomic E-state index is 0.488. The molecule has 0 aliphatic heterocycles. The van der Waals surface area contributed by atoms with Crippen LogP contribution in [0, 0.1) is 0 Å². The minimum Gasteiger partial charge on any atom is -0.497 e. The molecule has 3 aromatic rings. The van der Waals surface area contributed by atoms with Gasteiger partial charge in [-0.15, -0.1) is 0 Å². The van der Waals surface area contributed by atoms with Gasteiger partial charge in [0.05, 0.1) is 7.11 Å². The summed E-state index contributed by atoms with van der Waals surface area (Å²) in [6.07, 6.45) is 0. The van der Waals surface area contributed by atoms with E-state index in [4.69, 9.17) is 14.2 Å². The Morgan fingerprint density at radius 1 is 0.731 bits per heavy atom. The van der Waals surface area contributed by atoms with Crippen LogP contribution in [0.15, 0.2) is 85.4 Å². The maximum absolute atomic E-state index is 5.94. The molecule has 3 nitrogen and oxygen atoms in total. The second-order valence-electron chi connectivity index (χ2n) is 5.87. The Bertz CT molecular complexity index is 780. The summed E-state index contributed by atoms with van der Waals surface area (Å²) in [7, 11) is 1.60. The topological polar surface area (TPSA) is 27.7 Å². The lowest BCUT2D eigenvalue weighted by Gasteiger charge is -2.13. The lowest BCUT2D eigenvalue weighted by Crippen LogP contribution is -1.99. The second kappa shape index (κ2) is 8.77. The molecule has 0 aromatic heterocycles. The third-order valence-electron chi connectivity index (χ3n) is 3.95. The predicted octanol–water partition coefficient (Wildman–Crippen LogP) is 5.46. The Balaban J connectivity index is 1.75. The van der Waals surface area contributed by atoms with Crippen LogP contribution in [0.5, 0.6) is 11.5 Å². The molecule has 0 bridgehead atoms. The number of hydrogen-bond donors (Lipinski definition) is 0. The summed E-state index contributed by atoms with van der Waals surface area (Å²) in [4.78, 5) is 0. The summed E-state index contributed by atoms with van der Waals surface area (Å²) in [6, 6.07) is 25.8. The first kappa shape index (κ1) is 17.6. The maximum atomic E-state index is 5.94. The minimum atomic E-state index is 0.488. The van der Waals surface area contributed by atoms with Crippen LogP contribution in [0.2, 0.25) is 0 Å². The van der Waals surface area contributed by atoms with E-state index in [1.807, 2.05) is 78.9 Å². The van der Waals surface area contributed by atoms with E-state index >= 15 is 0 Å². The molecule has 0 aliphatic carbocycles. The Kier molecular flexibility index (Phi) is 5.94. The van der Waals surface area contributed by atoms with E-state index in [2.05, 4.69) is 6.58 Å². The highest BCUT2D eigenvalue weighted by atomic mass is 16.5. The zero-order chi connectivity index (χ0) is 18.2. The standard InChI is InChI=1S/C23H22O3/c1-18(24-2)21-13-22(25-16-19-9-5-3-6-10-19)15-23(14-21)26-17-20-11-7-4-8-12-20/h3-15H,1,16-17H2,2H3. The lowest BCUT2D eigenvalue weighted by molar-refractivity contribution is 0.289. The fourth-order valence-corrected chi connectivity index (χ4v) is 2.50. The number of methoxy groups -OCH3 is 1. The summed E-state index contributed by atoms with van der Waals surface area (Å²) in [5, 5.41) is 0. The van der Waals surface area contributed by atoms with Crippen LogP contribution >= 0.6 is 0 Å². The highest BCUT2D eigenvalue weighted by molar-refractivity contribution is 5.61. The van der Waals surface area contributed by atoms with E-state index < -0.39 is 0 Å². The summed E-state index contributed by atoms with van der Waals surface area (Å²) >= 11 is 0. The largest absolute Gasteiger partial charge is 0.497 e. The van der Waals surface area contributed by atoms with E-state index in [-0.39, 0.29) is 0 Å². The van der Waals surface area contributed by atoms with Gasteiger partial charge in [-0.05, 0) is 23.3 Å². The van der Waals surface area contributed by atoms with E-state index in [0.717, 1.165) is 16.7 Å². The Labute approximate surface area is 154 Å². The normalized spacial score (nSPS) is 10.2. The van der Waals surface area contributed by atoms with Crippen LogP contribution in [-0.2, 0) is 18.0 Å². The smallest absolute Gasteiger partial charge is 0.124 e. The molecule has 0 spiro atoms. The van der Waals surface area contributed by atoms with Crippen molar-refractivity contribution < 1.29 is 14.2 Å². The average molecular weight is 346 g/mol. The highest BCUT2D eigenvalue weighted by Crippen LogP contribution is 2.28. The molecular weight excluding hydrogens is 324 g/mol. The number of ether oxygens (including phenoxy) is 3. The van der Waals surface area contributed by atoms with Crippen molar-refractivity contribution in [2.75, 3.05) is 7.11 Å². The lowest BCUT2D eigenvalue weighted by atomic mass is 10.1. The first-order valence-corrected chi connectivity index (χ1v) is 8.46. The molecular formula is C23H22O3. The van der Waals surface area contributed by atoms with Crippen LogP contribution in [0.4, 0.5) is 0 Å².